The van der Waals surface area contributed by atoms with Crippen molar-refractivity contribution in [1.82, 2.24) is 14.3 Å². The van der Waals surface area contributed by atoms with E-state index in [1.165, 1.54) is 15.6 Å². The number of Topliss-reactive ketones (excluding diaryl/α,β-unsaturated/α-hetero) is 1. The van der Waals surface area contributed by atoms with E-state index in [-0.39, 0.29) is 17.9 Å². The first-order chi connectivity index (χ1) is 7.68. The van der Waals surface area contributed by atoms with Gasteiger partial charge in [-0.25, -0.2) is 4.68 Å². The summed E-state index contributed by atoms with van der Waals surface area (Å²) in [5, 5.41) is 11.5. The summed E-state index contributed by atoms with van der Waals surface area (Å²) in [5.41, 5.74) is 0.863. The number of carbonyl (C=O) groups is 1. The fraction of sp³-hybridized carbons (Fsp3) is 0.182. The van der Waals surface area contributed by atoms with E-state index in [0.717, 1.165) is 0 Å². The van der Waals surface area contributed by atoms with Crippen molar-refractivity contribution in [3.63, 3.8) is 0 Å². The highest BCUT2D eigenvalue weighted by molar-refractivity contribution is 5.95. The maximum Gasteiger partial charge on any atom is 0.220 e. The zero-order chi connectivity index (χ0) is 11.5. The van der Waals surface area contributed by atoms with Gasteiger partial charge in [-0.3, -0.25) is 14.8 Å². The number of hydrogen-bond acceptors (Lipinski definition) is 3. The van der Waals surface area contributed by atoms with E-state index >= 15 is 0 Å². The van der Waals surface area contributed by atoms with Gasteiger partial charge in [-0.2, -0.15) is 5.10 Å². The number of nitrogens with one attached hydrogen (secondary N) is 1. The molecule has 2 rings (SSSR count). The van der Waals surface area contributed by atoms with Gasteiger partial charge in [-0.1, -0.05) is 30.3 Å². The highest BCUT2D eigenvalue weighted by atomic mass is 16.1. The van der Waals surface area contributed by atoms with E-state index < -0.39 is 0 Å². The Bertz CT molecular complexity index is 553. The SMILES string of the molecule is Cn1ncn(CC(=O)c2ccccc2)c1=N. The number of aromatic nitrogens is 3. The van der Waals surface area contributed by atoms with Crippen LogP contribution >= 0.6 is 0 Å². The summed E-state index contributed by atoms with van der Waals surface area (Å²) in [7, 11) is 1.67. The van der Waals surface area contributed by atoms with E-state index in [2.05, 4.69) is 5.10 Å². The maximum absolute atomic E-state index is 11.8. The van der Waals surface area contributed by atoms with Crippen LogP contribution in [-0.4, -0.2) is 20.1 Å². The van der Waals surface area contributed by atoms with Gasteiger partial charge in [-0.05, 0) is 0 Å². The lowest BCUT2D eigenvalue weighted by atomic mass is 10.1. The molecule has 0 aliphatic carbocycles. The molecular formula is C11H12N4O. The molecule has 0 radical (unpaired) electrons. The summed E-state index contributed by atoms with van der Waals surface area (Å²) in [6, 6.07) is 9.04. The molecule has 0 aliphatic heterocycles. The van der Waals surface area contributed by atoms with Crippen LogP contribution in [-0.2, 0) is 13.6 Å². The third kappa shape index (κ3) is 1.93. The Hall–Kier alpha value is -2.17. The summed E-state index contributed by atoms with van der Waals surface area (Å²) in [6.07, 6.45) is 1.49. The predicted octanol–water partition coefficient (Wildman–Crippen LogP) is 0.584. The van der Waals surface area contributed by atoms with E-state index in [0.29, 0.717) is 5.56 Å². The Morgan fingerprint density at radius 2 is 2.06 bits per heavy atom. The fourth-order valence-electron chi connectivity index (χ4n) is 1.42. The van der Waals surface area contributed by atoms with Gasteiger partial charge in [0.1, 0.15) is 6.33 Å². The van der Waals surface area contributed by atoms with Crippen molar-refractivity contribution in [2.45, 2.75) is 6.54 Å². The molecule has 5 heteroatoms. The molecule has 0 amide bonds. The van der Waals surface area contributed by atoms with Crippen LogP contribution in [0.2, 0.25) is 0 Å². The van der Waals surface area contributed by atoms with E-state index in [4.69, 9.17) is 5.41 Å². The van der Waals surface area contributed by atoms with E-state index in [1.807, 2.05) is 18.2 Å². The lowest BCUT2D eigenvalue weighted by Crippen LogP contribution is -2.25. The first kappa shape index (κ1) is 10.4. The van der Waals surface area contributed by atoms with Crippen LogP contribution in [0.1, 0.15) is 10.4 Å². The Labute approximate surface area is 92.5 Å². The molecule has 0 saturated carbocycles. The molecule has 1 heterocycles. The number of benzene rings is 1. The molecule has 2 aromatic rings. The number of rotatable bonds is 3. The standard InChI is InChI=1S/C11H12N4O/c1-14-11(12)15(8-13-14)7-10(16)9-5-3-2-4-6-9/h2-6,8,12H,7H2,1H3. The van der Waals surface area contributed by atoms with Crippen LogP contribution in [0.4, 0.5) is 0 Å². The Morgan fingerprint density at radius 1 is 1.38 bits per heavy atom. The van der Waals surface area contributed by atoms with Crippen molar-refractivity contribution in [1.29, 1.82) is 5.41 Å². The second kappa shape index (κ2) is 4.14. The van der Waals surface area contributed by atoms with Gasteiger partial charge in [-0.15, -0.1) is 0 Å². The maximum atomic E-state index is 11.8. The topological polar surface area (TPSA) is 63.7 Å². The van der Waals surface area contributed by atoms with Crippen molar-refractivity contribution in [2.24, 2.45) is 7.05 Å². The van der Waals surface area contributed by atoms with Gasteiger partial charge in [0, 0.05) is 12.6 Å². The minimum atomic E-state index is -0.0212. The summed E-state index contributed by atoms with van der Waals surface area (Å²) in [5.74, 6) is -0.0212. The van der Waals surface area contributed by atoms with Crippen molar-refractivity contribution in [3.8, 4) is 0 Å². The van der Waals surface area contributed by atoms with Gasteiger partial charge in [0.25, 0.3) is 0 Å². The lowest BCUT2D eigenvalue weighted by molar-refractivity contribution is 0.0970. The smallest absolute Gasteiger partial charge is 0.220 e. The third-order valence-electron chi connectivity index (χ3n) is 2.35. The monoisotopic (exact) mass is 216 g/mol. The first-order valence-electron chi connectivity index (χ1n) is 4.90. The van der Waals surface area contributed by atoms with Gasteiger partial charge in [0.05, 0.1) is 6.54 Å². The third-order valence-corrected chi connectivity index (χ3v) is 2.35. The van der Waals surface area contributed by atoms with Gasteiger partial charge >= 0.3 is 0 Å². The van der Waals surface area contributed by atoms with Crippen molar-refractivity contribution >= 4 is 5.78 Å². The molecule has 82 valence electrons. The second-order valence-electron chi connectivity index (χ2n) is 3.50. The van der Waals surface area contributed by atoms with Gasteiger partial charge < -0.3 is 0 Å². The first-order valence-corrected chi connectivity index (χ1v) is 4.90. The molecule has 0 spiro atoms. The van der Waals surface area contributed by atoms with Crippen LogP contribution in [0.25, 0.3) is 0 Å². The minimum absolute atomic E-state index is 0.0212. The molecule has 16 heavy (non-hydrogen) atoms. The Morgan fingerprint density at radius 3 is 2.62 bits per heavy atom. The summed E-state index contributed by atoms with van der Waals surface area (Å²) in [6.45, 7) is 0.149. The molecule has 0 unspecified atom stereocenters. The van der Waals surface area contributed by atoms with Crippen LogP contribution in [0.3, 0.4) is 0 Å². The van der Waals surface area contributed by atoms with Crippen molar-refractivity contribution in [2.75, 3.05) is 0 Å². The number of ketones is 1. The fourth-order valence-corrected chi connectivity index (χ4v) is 1.42. The number of hydrogen-bond donors (Lipinski definition) is 1. The molecule has 0 fully saturated rings. The van der Waals surface area contributed by atoms with Crippen LogP contribution < -0.4 is 5.62 Å². The average molecular weight is 216 g/mol. The highest BCUT2D eigenvalue weighted by Gasteiger charge is 2.07. The average Bonchev–Trinajstić information content (AvgIpc) is 2.62. The molecule has 0 saturated heterocycles. The zero-order valence-corrected chi connectivity index (χ0v) is 8.92. The molecular weight excluding hydrogens is 204 g/mol. The van der Waals surface area contributed by atoms with E-state index in [9.17, 15) is 4.79 Å². The van der Waals surface area contributed by atoms with Crippen LogP contribution in [0.5, 0.6) is 0 Å². The highest BCUT2D eigenvalue weighted by Crippen LogP contribution is 2.00. The van der Waals surface area contributed by atoms with Gasteiger partial charge in [0.2, 0.25) is 5.62 Å². The Balaban J connectivity index is 2.21. The second-order valence-corrected chi connectivity index (χ2v) is 3.50. The lowest BCUT2D eigenvalue weighted by Gasteiger charge is -2.01. The van der Waals surface area contributed by atoms with Crippen LogP contribution in [0.15, 0.2) is 36.7 Å². The number of nitrogens with zero attached hydrogens (tertiary/aromatic N) is 3. The van der Waals surface area contributed by atoms with Crippen LogP contribution in [0, 0.1) is 5.41 Å². The Kier molecular flexibility index (Phi) is 2.68. The molecule has 5 nitrogen and oxygen atoms in total. The largest absolute Gasteiger partial charge is 0.292 e. The number of carbonyl (C=O) groups excluding carboxylic acids is 1. The molecule has 0 bridgehead atoms. The molecule has 1 aromatic heterocycles. The molecule has 0 aliphatic rings. The summed E-state index contributed by atoms with van der Waals surface area (Å²) >= 11 is 0. The summed E-state index contributed by atoms with van der Waals surface area (Å²) < 4.78 is 2.92. The molecule has 1 aromatic carbocycles. The normalized spacial score (nSPS) is 10.3. The van der Waals surface area contributed by atoms with Crippen molar-refractivity contribution in [3.05, 3.63) is 47.8 Å². The minimum Gasteiger partial charge on any atom is -0.292 e. The zero-order valence-electron chi connectivity index (χ0n) is 8.92. The summed E-state index contributed by atoms with van der Waals surface area (Å²) in [4.78, 5) is 11.8. The molecule has 1 N–H and O–H groups in total. The predicted molar refractivity (Wildman–Crippen MR) is 57.8 cm³/mol. The quantitative estimate of drug-likeness (QED) is 0.763. The molecule has 0 atom stereocenters. The van der Waals surface area contributed by atoms with E-state index in [1.54, 1.807) is 19.2 Å². The number of aryl methyl sites for hydroxylation is 1. The van der Waals surface area contributed by atoms with Crippen molar-refractivity contribution < 1.29 is 4.79 Å². The van der Waals surface area contributed by atoms with Gasteiger partial charge in [0.15, 0.2) is 5.78 Å².